The van der Waals surface area contributed by atoms with Crippen molar-refractivity contribution in [1.82, 2.24) is 9.88 Å². The number of benzene rings is 2. The molecule has 1 aromatic heterocycles. The van der Waals surface area contributed by atoms with Gasteiger partial charge in [-0.05, 0) is 35.9 Å². The Morgan fingerprint density at radius 3 is 2.46 bits per heavy atom. The molecule has 0 spiro atoms. The summed E-state index contributed by atoms with van der Waals surface area (Å²) in [6, 6.07) is 16.4. The first-order chi connectivity index (χ1) is 13.5. The Kier molecular flexibility index (Phi) is 4.33. The molecule has 0 atom stereocenters. The van der Waals surface area contributed by atoms with Crippen molar-refractivity contribution in [1.29, 1.82) is 0 Å². The second-order valence-corrected chi connectivity index (χ2v) is 6.27. The first kappa shape index (κ1) is 17.4. The van der Waals surface area contributed by atoms with E-state index in [4.69, 9.17) is 0 Å². The molecule has 2 N–H and O–H groups in total. The van der Waals surface area contributed by atoms with Gasteiger partial charge in [0.25, 0.3) is 17.7 Å². The number of nitrogens with zero attached hydrogens (tertiary/aromatic N) is 2. The largest absolute Gasteiger partial charge is 0.504 e. The van der Waals surface area contributed by atoms with Crippen LogP contribution in [0.5, 0.6) is 5.75 Å². The summed E-state index contributed by atoms with van der Waals surface area (Å²) in [5.74, 6) is -1.53. The summed E-state index contributed by atoms with van der Waals surface area (Å²) in [5, 5.41) is 12.2. The lowest BCUT2D eigenvalue weighted by atomic mass is 10.1. The van der Waals surface area contributed by atoms with Crippen LogP contribution in [0.3, 0.4) is 0 Å². The summed E-state index contributed by atoms with van der Waals surface area (Å²) in [4.78, 5) is 42.8. The maximum absolute atomic E-state index is 12.7. The molecule has 1 aliphatic rings. The van der Waals surface area contributed by atoms with Crippen LogP contribution < -0.4 is 5.32 Å². The van der Waals surface area contributed by atoms with E-state index in [-0.39, 0.29) is 34.8 Å². The Hall–Kier alpha value is -4.00. The summed E-state index contributed by atoms with van der Waals surface area (Å²) in [5.41, 5.74) is 1.46. The fraction of sp³-hybridized carbons (Fsp3) is 0.0476. The lowest BCUT2D eigenvalue weighted by Crippen LogP contribution is -2.29. The third-order valence-corrected chi connectivity index (χ3v) is 4.43. The van der Waals surface area contributed by atoms with E-state index in [2.05, 4.69) is 10.3 Å². The van der Waals surface area contributed by atoms with Crippen molar-refractivity contribution in [2.24, 2.45) is 0 Å². The van der Waals surface area contributed by atoms with Crippen molar-refractivity contribution >= 4 is 23.5 Å². The van der Waals surface area contributed by atoms with Crippen LogP contribution in [0, 0.1) is 0 Å². The molecule has 7 nitrogen and oxygen atoms in total. The van der Waals surface area contributed by atoms with Crippen LogP contribution in [0.2, 0.25) is 0 Å². The van der Waals surface area contributed by atoms with E-state index < -0.39 is 17.7 Å². The highest BCUT2D eigenvalue weighted by molar-refractivity contribution is 6.22. The van der Waals surface area contributed by atoms with Gasteiger partial charge in [0, 0.05) is 11.8 Å². The van der Waals surface area contributed by atoms with Crippen molar-refractivity contribution in [3.63, 3.8) is 0 Å². The molecule has 0 bridgehead atoms. The Morgan fingerprint density at radius 2 is 1.71 bits per heavy atom. The summed E-state index contributed by atoms with van der Waals surface area (Å²) in [6.45, 7) is 0.163. The monoisotopic (exact) mass is 373 g/mol. The summed E-state index contributed by atoms with van der Waals surface area (Å²) in [6.07, 6.45) is 1.43. The zero-order valence-electron chi connectivity index (χ0n) is 14.6. The van der Waals surface area contributed by atoms with Crippen LogP contribution in [-0.2, 0) is 6.54 Å². The van der Waals surface area contributed by atoms with Gasteiger partial charge in [-0.3, -0.25) is 19.3 Å². The normalized spacial score (nSPS) is 12.8. The second kappa shape index (κ2) is 6.96. The molecule has 3 aromatic rings. The standard InChI is InChI=1S/C21H15N3O4/c25-17-7-4-10-22-18(17)23-19(26)14-8-9-15-16(11-14)21(28)24(20(15)27)12-13-5-2-1-3-6-13/h1-11,25H,12H2,(H,22,23,26). The minimum atomic E-state index is -0.543. The topological polar surface area (TPSA) is 99.6 Å². The van der Waals surface area contributed by atoms with Gasteiger partial charge in [0.15, 0.2) is 11.6 Å². The predicted molar refractivity (Wildman–Crippen MR) is 101 cm³/mol. The van der Waals surface area contributed by atoms with Crippen LogP contribution in [0.25, 0.3) is 0 Å². The third kappa shape index (κ3) is 3.09. The molecule has 2 aromatic carbocycles. The smallest absolute Gasteiger partial charge is 0.261 e. The number of hydrogen-bond donors (Lipinski definition) is 2. The molecule has 2 heterocycles. The average Bonchev–Trinajstić information content (AvgIpc) is 2.95. The highest BCUT2D eigenvalue weighted by Gasteiger charge is 2.36. The lowest BCUT2D eigenvalue weighted by molar-refractivity contribution is 0.0642. The van der Waals surface area contributed by atoms with Gasteiger partial charge in [-0.25, -0.2) is 4.98 Å². The molecule has 0 aliphatic carbocycles. The number of imide groups is 1. The molecule has 0 radical (unpaired) electrons. The van der Waals surface area contributed by atoms with Crippen LogP contribution in [0.15, 0.2) is 66.9 Å². The molecule has 28 heavy (non-hydrogen) atoms. The van der Waals surface area contributed by atoms with E-state index in [0.29, 0.717) is 0 Å². The van der Waals surface area contributed by atoms with Gasteiger partial charge in [-0.1, -0.05) is 30.3 Å². The highest BCUT2D eigenvalue weighted by Crippen LogP contribution is 2.26. The van der Waals surface area contributed by atoms with Crippen molar-refractivity contribution in [2.75, 3.05) is 5.32 Å². The Balaban J connectivity index is 1.58. The van der Waals surface area contributed by atoms with Crippen molar-refractivity contribution in [3.8, 4) is 5.75 Å². The summed E-state index contributed by atoms with van der Waals surface area (Å²) in [7, 11) is 0. The fourth-order valence-electron chi connectivity index (χ4n) is 3.01. The van der Waals surface area contributed by atoms with E-state index in [1.165, 1.54) is 36.5 Å². The van der Waals surface area contributed by atoms with Gasteiger partial charge < -0.3 is 10.4 Å². The minimum absolute atomic E-state index is 0.0149. The molecule has 0 fully saturated rings. The molecule has 138 valence electrons. The van der Waals surface area contributed by atoms with Gasteiger partial charge in [0.05, 0.1) is 17.7 Å². The maximum atomic E-state index is 12.7. The number of carbonyl (C=O) groups excluding carboxylic acids is 3. The van der Waals surface area contributed by atoms with E-state index in [0.717, 1.165) is 10.5 Å². The number of rotatable bonds is 4. The van der Waals surface area contributed by atoms with Crippen molar-refractivity contribution in [2.45, 2.75) is 6.54 Å². The van der Waals surface area contributed by atoms with E-state index in [1.807, 2.05) is 30.3 Å². The highest BCUT2D eigenvalue weighted by atomic mass is 16.3. The molecule has 0 saturated carbocycles. The molecule has 3 amide bonds. The van der Waals surface area contributed by atoms with Crippen LogP contribution >= 0.6 is 0 Å². The Morgan fingerprint density at radius 1 is 0.964 bits per heavy atom. The molecular formula is C21H15N3O4. The van der Waals surface area contributed by atoms with Gasteiger partial charge in [0.1, 0.15) is 0 Å². The van der Waals surface area contributed by atoms with Crippen molar-refractivity contribution in [3.05, 3.63) is 89.1 Å². The number of nitrogens with one attached hydrogen (secondary N) is 1. The number of hydrogen-bond acceptors (Lipinski definition) is 5. The number of aromatic nitrogens is 1. The van der Waals surface area contributed by atoms with Crippen LogP contribution in [0.1, 0.15) is 36.6 Å². The van der Waals surface area contributed by atoms with Gasteiger partial charge in [-0.2, -0.15) is 0 Å². The molecule has 7 heteroatoms. The second-order valence-electron chi connectivity index (χ2n) is 6.27. The average molecular weight is 373 g/mol. The number of pyridine rings is 1. The van der Waals surface area contributed by atoms with Crippen LogP contribution in [0.4, 0.5) is 5.82 Å². The Bertz CT molecular complexity index is 1100. The van der Waals surface area contributed by atoms with E-state index in [1.54, 1.807) is 0 Å². The number of carbonyl (C=O) groups is 3. The molecule has 4 rings (SSSR count). The van der Waals surface area contributed by atoms with Gasteiger partial charge >= 0.3 is 0 Å². The first-order valence-electron chi connectivity index (χ1n) is 8.54. The lowest BCUT2D eigenvalue weighted by Gasteiger charge is -2.13. The van der Waals surface area contributed by atoms with Gasteiger partial charge in [-0.15, -0.1) is 0 Å². The molecule has 0 saturated heterocycles. The molecular weight excluding hydrogens is 358 g/mol. The van der Waals surface area contributed by atoms with E-state index in [9.17, 15) is 19.5 Å². The zero-order valence-corrected chi connectivity index (χ0v) is 14.6. The minimum Gasteiger partial charge on any atom is -0.504 e. The third-order valence-electron chi connectivity index (χ3n) is 4.43. The fourth-order valence-corrected chi connectivity index (χ4v) is 3.01. The quantitative estimate of drug-likeness (QED) is 0.685. The van der Waals surface area contributed by atoms with Crippen molar-refractivity contribution < 1.29 is 19.5 Å². The van der Waals surface area contributed by atoms with Gasteiger partial charge in [0.2, 0.25) is 0 Å². The van der Waals surface area contributed by atoms with E-state index >= 15 is 0 Å². The summed E-state index contributed by atoms with van der Waals surface area (Å²) >= 11 is 0. The molecule has 0 unspecified atom stereocenters. The number of anilines is 1. The van der Waals surface area contributed by atoms with Crippen LogP contribution in [-0.4, -0.2) is 32.7 Å². The SMILES string of the molecule is O=C(Nc1ncccc1O)c1ccc2c(c1)C(=O)N(Cc1ccccc1)C2=O. The Labute approximate surface area is 160 Å². The number of amides is 3. The first-order valence-corrected chi connectivity index (χ1v) is 8.54. The predicted octanol–water partition coefficient (Wildman–Crippen LogP) is 2.84. The summed E-state index contributed by atoms with van der Waals surface area (Å²) < 4.78 is 0. The number of aromatic hydroxyl groups is 1. The maximum Gasteiger partial charge on any atom is 0.261 e. The molecule has 1 aliphatic heterocycles. The number of fused-ring (bicyclic) bond motifs is 1. The zero-order chi connectivity index (χ0) is 19.7.